The lowest BCUT2D eigenvalue weighted by Gasteiger charge is -2.42. The van der Waals surface area contributed by atoms with Gasteiger partial charge in [-0.25, -0.2) is 8.78 Å². The molecule has 4 aliphatic heterocycles. The van der Waals surface area contributed by atoms with Crippen molar-refractivity contribution in [2.24, 2.45) is 5.41 Å². The zero-order valence-corrected chi connectivity index (χ0v) is 29.4. The highest BCUT2D eigenvalue weighted by Crippen LogP contribution is 2.48. The summed E-state index contributed by atoms with van der Waals surface area (Å²) in [4.78, 5) is 14.6. The second-order valence-electron chi connectivity index (χ2n) is 16.0. The van der Waals surface area contributed by atoms with Gasteiger partial charge < -0.3 is 24.8 Å². The van der Waals surface area contributed by atoms with Crippen molar-refractivity contribution in [3.8, 4) is 35.2 Å². The summed E-state index contributed by atoms with van der Waals surface area (Å²) in [5.74, 6) is 1.81. The number of halogens is 2. The quantitative estimate of drug-likeness (QED) is 0.193. The van der Waals surface area contributed by atoms with Crippen LogP contribution in [-0.4, -0.2) is 83.6 Å². The Kier molecular flexibility index (Phi) is 8.10. The normalized spacial score (nSPS) is 25.5. The van der Waals surface area contributed by atoms with Crippen molar-refractivity contribution in [3.63, 3.8) is 0 Å². The highest BCUT2D eigenvalue weighted by molar-refractivity contribution is 6.05. The van der Waals surface area contributed by atoms with Gasteiger partial charge in [-0.15, -0.1) is 6.42 Å². The van der Waals surface area contributed by atoms with Gasteiger partial charge >= 0.3 is 6.01 Å². The molecule has 0 spiro atoms. The molecule has 4 atom stereocenters. The number of anilines is 1. The fraction of sp³-hybridized carbons (Fsp3) is 0.512. The molecule has 2 N–H and O–H groups in total. The van der Waals surface area contributed by atoms with Crippen LogP contribution >= 0.6 is 0 Å². The molecular formula is C41H45F2N5O3. The van der Waals surface area contributed by atoms with Crippen molar-refractivity contribution < 1.29 is 23.4 Å². The molecule has 1 aromatic heterocycles. The third-order valence-corrected chi connectivity index (χ3v) is 11.9. The van der Waals surface area contributed by atoms with E-state index in [1.54, 1.807) is 6.07 Å². The maximum absolute atomic E-state index is 17.6. The lowest BCUT2D eigenvalue weighted by Crippen LogP contribution is -2.51. The summed E-state index contributed by atoms with van der Waals surface area (Å²) in [6.45, 7) is 8.83. The van der Waals surface area contributed by atoms with Crippen LogP contribution in [0, 0.1) is 29.4 Å². The van der Waals surface area contributed by atoms with Crippen LogP contribution in [0.4, 0.5) is 14.6 Å². The number of likely N-dealkylation sites (tertiary alicyclic amines) is 1. The minimum Gasteiger partial charge on any atom is -0.508 e. The van der Waals surface area contributed by atoms with Crippen LogP contribution in [0.3, 0.4) is 0 Å². The molecule has 51 heavy (non-hydrogen) atoms. The summed E-state index contributed by atoms with van der Waals surface area (Å²) < 4.78 is 45.4. The number of hydrogen-bond donors (Lipinski definition) is 2. The highest BCUT2D eigenvalue weighted by Gasteiger charge is 2.47. The van der Waals surface area contributed by atoms with Crippen molar-refractivity contribution in [1.82, 2.24) is 20.2 Å². The first-order valence-corrected chi connectivity index (χ1v) is 18.6. The maximum Gasteiger partial charge on any atom is 0.319 e. The number of ether oxygens (including phenoxy) is 2. The number of rotatable bonds is 8. The fourth-order valence-electron chi connectivity index (χ4n) is 9.22. The van der Waals surface area contributed by atoms with Gasteiger partial charge in [0.05, 0.1) is 24.4 Å². The number of hydrogen-bond acceptors (Lipinski definition) is 8. The first kappa shape index (κ1) is 32.8. The van der Waals surface area contributed by atoms with E-state index in [1.165, 1.54) is 24.6 Å². The second-order valence-corrected chi connectivity index (χ2v) is 16.0. The van der Waals surface area contributed by atoms with Crippen molar-refractivity contribution in [2.45, 2.75) is 89.0 Å². The van der Waals surface area contributed by atoms with Crippen molar-refractivity contribution >= 4 is 27.5 Å². The smallest absolute Gasteiger partial charge is 0.319 e. The Hall–Kier alpha value is -4.04. The average Bonchev–Trinajstić information content (AvgIpc) is 3.79. The first-order valence-electron chi connectivity index (χ1n) is 18.6. The summed E-state index contributed by atoms with van der Waals surface area (Å²) in [7, 11) is 0. The molecule has 0 amide bonds. The predicted octanol–water partition coefficient (Wildman–Crippen LogP) is 6.89. The van der Waals surface area contributed by atoms with E-state index < -0.39 is 11.6 Å². The van der Waals surface area contributed by atoms with E-state index in [4.69, 9.17) is 25.9 Å². The zero-order chi connectivity index (χ0) is 35.0. The topological polar surface area (TPSA) is 83.0 Å². The van der Waals surface area contributed by atoms with Gasteiger partial charge in [0.1, 0.15) is 22.9 Å². The minimum atomic E-state index is -0.577. The summed E-state index contributed by atoms with van der Waals surface area (Å²) in [6.07, 6.45) is 14.3. The number of phenols is 1. The van der Waals surface area contributed by atoms with E-state index in [1.807, 2.05) is 19.9 Å². The average molecular weight is 694 g/mol. The SMILES string of the molecule is C#Cc1c(F)ccc2cc(O)cc(-c3c(C(C)C)cc4c(N5CC6CCC(C5)N6)nc(OCC5(CN6CC7CCCC(C6)O7)CC5)nc4c3F)c12. The van der Waals surface area contributed by atoms with Crippen LogP contribution in [0.5, 0.6) is 11.8 Å². The van der Waals surface area contributed by atoms with Gasteiger partial charge in [-0.05, 0) is 91.6 Å². The third kappa shape index (κ3) is 5.97. The molecule has 0 radical (unpaired) electrons. The number of morpholine rings is 1. The van der Waals surface area contributed by atoms with E-state index in [-0.39, 0.29) is 39.7 Å². The largest absolute Gasteiger partial charge is 0.508 e. The number of phenolic OH excluding ortho intramolecular Hbond substituents is 1. The van der Waals surface area contributed by atoms with Gasteiger partial charge in [0.15, 0.2) is 5.82 Å². The molecule has 1 aliphatic carbocycles. The van der Waals surface area contributed by atoms with Crippen LogP contribution in [0.15, 0.2) is 30.3 Å². The Morgan fingerprint density at radius 2 is 1.78 bits per heavy atom. The molecule has 10 heteroatoms. The zero-order valence-electron chi connectivity index (χ0n) is 29.4. The van der Waals surface area contributed by atoms with Crippen molar-refractivity contribution in [3.05, 3.63) is 53.1 Å². The van der Waals surface area contributed by atoms with Crippen molar-refractivity contribution in [1.29, 1.82) is 0 Å². The number of fused-ring (bicyclic) bond motifs is 6. The molecular weight excluding hydrogens is 648 g/mol. The first-order chi connectivity index (χ1) is 24.7. The molecule has 4 saturated heterocycles. The lowest BCUT2D eigenvalue weighted by atomic mass is 9.86. The molecule has 1 saturated carbocycles. The molecule has 8 nitrogen and oxygen atoms in total. The van der Waals surface area contributed by atoms with Crippen molar-refractivity contribution in [2.75, 3.05) is 44.2 Å². The molecule has 4 aromatic rings. The van der Waals surface area contributed by atoms with Gasteiger partial charge in [0.25, 0.3) is 0 Å². The summed E-state index contributed by atoms with van der Waals surface area (Å²) in [6, 6.07) is 8.65. The molecule has 5 aliphatic rings. The van der Waals surface area contributed by atoms with Gasteiger partial charge in [0, 0.05) is 66.6 Å². The summed E-state index contributed by atoms with van der Waals surface area (Å²) in [5.41, 5.74) is 1.45. The third-order valence-electron chi connectivity index (χ3n) is 11.9. The Balaban J connectivity index is 1.15. The Labute approximate surface area is 297 Å². The Morgan fingerprint density at radius 1 is 1.04 bits per heavy atom. The number of terminal acetylenes is 1. The lowest BCUT2D eigenvalue weighted by molar-refractivity contribution is -0.117. The molecule has 4 unspecified atom stereocenters. The Morgan fingerprint density at radius 3 is 2.47 bits per heavy atom. The van der Waals surface area contributed by atoms with E-state index in [0.29, 0.717) is 64.0 Å². The predicted molar refractivity (Wildman–Crippen MR) is 194 cm³/mol. The van der Waals surface area contributed by atoms with E-state index in [0.717, 1.165) is 71.2 Å². The molecule has 9 rings (SSSR count). The van der Waals surface area contributed by atoms with Crippen LogP contribution in [0.1, 0.15) is 75.8 Å². The monoisotopic (exact) mass is 693 g/mol. The van der Waals surface area contributed by atoms with Gasteiger partial charge in [0.2, 0.25) is 0 Å². The van der Waals surface area contributed by atoms with E-state index in [2.05, 4.69) is 21.0 Å². The van der Waals surface area contributed by atoms with Gasteiger partial charge in [-0.2, -0.15) is 9.97 Å². The summed E-state index contributed by atoms with van der Waals surface area (Å²) >= 11 is 0. The van der Waals surface area contributed by atoms with Crippen LogP contribution in [0.25, 0.3) is 32.8 Å². The fourth-order valence-corrected chi connectivity index (χ4v) is 9.22. The van der Waals surface area contributed by atoms with E-state index in [9.17, 15) is 5.11 Å². The number of aromatic nitrogens is 2. The number of nitrogens with zero attached hydrogens (tertiary/aromatic N) is 4. The number of piperazine rings is 1. The standard InChI is InChI=1S/C41H45F2N5O3/c1-4-30-34(42)11-8-24-14-27(49)15-32(35(24)30)36-31(23(2)3)16-33-38(37(36)43)45-40(46-39(33)48-17-25-9-10-26(18-48)44-25)50-22-41(12-13-41)21-47-19-28-6-5-7-29(20-47)51-28/h1,8,11,14-16,23,25-26,28-29,44,49H,5-7,9-10,12-13,17-22H2,2-3H3. The van der Waals surface area contributed by atoms with Gasteiger partial charge in [-0.3, -0.25) is 4.90 Å². The molecule has 5 fully saturated rings. The Bertz CT molecular complexity index is 2050. The highest BCUT2D eigenvalue weighted by atomic mass is 19.1. The molecule has 266 valence electrons. The second kappa shape index (κ2) is 12.6. The van der Waals surface area contributed by atoms with Crippen LogP contribution in [-0.2, 0) is 4.74 Å². The minimum absolute atomic E-state index is 0.0135. The van der Waals surface area contributed by atoms with Crippen LogP contribution < -0.4 is 15.0 Å². The number of benzene rings is 3. The molecule has 5 heterocycles. The summed E-state index contributed by atoms with van der Waals surface area (Å²) in [5, 5.41) is 16.0. The molecule has 3 aromatic carbocycles. The molecule has 4 bridgehead atoms. The number of nitrogens with one attached hydrogen (secondary N) is 1. The van der Waals surface area contributed by atoms with E-state index >= 15 is 8.78 Å². The number of aromatic hydroxyl groups is 1. The maximum atomic E-state index is 17.6. The van der Waals surface area contributed by atoms with Gasteiger partial charge in [-0.1, -0.05) is 25.8 Å². The van der Waals surface area contributed by atoms with Crippen LogP contribution in [0.2, 0.25) is 0 Å².